The number of rotatable bonds is 6. The molecule has 1 rings (SSSR count). The van der Waals surface area contributed by atoms with Crippen molar-refractivity contribution >= 4 is 35.8 Å². The monoisotopic (exact) mass is 424 g/mol. The summed E-state index contributed by atoms with van der Waals surface area (Å²) < 4.78 is 0. The van der Waals surface area contributed by atoms with Crippen molar-refractivity contribution in [3.63, 3.8) is 0 Å². The first-order chi connectivity index (χ1) is 10.0. The van der Waals surface area contributed by atoms with Gasteiger partial charge in [-0.2, -0.15) is 0 Å². The molecule has 1 fully saturated rings. The van der Waals surface area contributed by atoms with Crippen LogP contribution in [0.15, 0.2) is 4.99 Å². The molecule has 1 N–H and O–H groups in total. The van der Waals surface area contributed by atoms with Crippen LogP contribution in [0.25, 0.3) is 0 Å². The van der Waals surface area contributed by atoms with Crippen molar-refractivity contribution in [1.29, 1.82) is 0 Å². The zero-order valence-corrected chi connectivity index (χ0v) is 16.9. The Kier molecular flexibility index (Phi) is 11.7. The number of nitrogens with one attached hydrogen (secondary N) is 1. The minimum Gasteiger partial charge on any atom is -0.357 e. The van der Waals surface area contributed by atoms with E-state index in [2.05, 4.69) is 31.0 Å². The van der Waals surface area contributed by atoms with Gasteiger partial charge in [0.15, 0.2) is 5.96 Å². The van der Waals surface area contributed by atoms with Crippen molar-refractivity contribution in [3.8, 4) is 0 Å². The molecular formula is C16H33IN4O. The first kappa shape index (κ1) is 21.5. The van der Waals surface area contributed by atoms with Gasteiger partial charge in [-0.15, -0.1) is 24.0 Å². The molecule has 1 aliphatic heterocycles. The first-order valence-corrected chi connectivity index (χ1v) is 8.33. The number of carbonyl (C=O) groups excluding carboxylic acids is 1. The summed E-state index contributed by atoms with van der Waals surface area (Å²) >= 11 is 0. The summed E-state index contributed by atoms with van der Waals surface area (Å²) in [5.74, 6) is 1.96. The Hall–Kier alpha value is -0.530. The number of piperazine rings is 1. The van der Waals surface area contributed by atoms with Crippen LogP contribution < -0.4 is 5.32 Å². The number of aliphatic imine (C=N–C) groups is 1. The molecule has 0 radical (unpaired) electrons. The topological polar surface area (TPSA) is 47.9 Å². The molecule has 0 aliphatic carbocycles. The molecule has 1 amide bonds. The lowest BCUT2D eigenvalue weighted by molar-refractivity contribution is -0.130. The molecule has 6 heteroatoms. The Balaban J connectivity index is 0.00000441. The van der Waals surface area contributed by atoms with E-state index in [4.69, 9.17) is 4.99 Å². The SMILES string of the molecule is CCNC(=NCCCCC(C)C)N1CCN(C(C)=O)CC1.I. The van der Waals surface area contributed by atoms with Crippen LogP contribution in [-0.4, -0.2) is 60.9 Å². The Labute approximate surface area is 152 Å². The summed E-state index contributed by atoms with van der Waals surface area (Å²) in [6.07, 6.45) is 3.68. The molecule has 0 saturated carbocycles. The molecule has 22 heavy (non-hydrogen) atoms. The fraction of sp³-hybridized carbons (Fsp3) is 0.875. The molecule has 1 heterocycles. The van der Waals surface area contributed by atoms with Gasteiger partial charge >= 0.3 is 0 Å². The number of hydrogen-bond donors (Lipinski definition) is 1. The first-order valence-electron chi connectivity index (χ1n) is 8.33. The maximum absolute atomic E-state index is 11.4. The van der Waals surface area contributed by atoms with Gasteiger partial charge < -0.3 is 15.1 Å². The predicted octanol–water partition coefficient (Wildman–Crippen LogP) is 2.56. The third kappa shape index (κ3) is 8.19. The molecule has 0 atom stereocenters. The zero-order valence-electron chi connectivity index (χ0n) is 14.6. The van der Waals surface area contributed by atoms with E-state index in [0.29, 0.717) is 0 Å². The summed E-state index contributed by atoms with van der Waals surface area (Å²) in [6, 6.07) is 0. The van der Waals surface area contributed by atoms with Gasteiger partial charge in [0.1, 0.15) is 0 Å². The largest absolute Gasteiger partial charge is 0.357 e. The zero-order chi connectivity index (χ0) is 15.7. The van der Waals surface area contributed by atoms with Gasteiger partial charge in [0.25, 0.3) is 0 Å². The van der Waals surface area contributed by atoms with Crippen molar-refractivity contribution in [3.05, 3.63) is 0 Å². The van der Waals surface area contributed by atoms with Gasteiger partial charge in [0.05, 0.1) is 0 Å². The van der Waals surface area contributed by atoms with Crippen LogP contribution in [0.5, 0.6) is 0 Å². The number of guanidine groups is 1. The number of hydrogen-bond acceptors (Lipinski definition) is 2. The highest BCUT2D eigenvalue weighted by Gasteiger charge is 2.20. The molecule has 1 aliphatic rings. The molecule has 0 unspecified atom stereocenters. The van der Waals surface area contributed by atoms with E-state index >= 15 is 0 Å². The molecule has 1 saturated heterocycles. The Morgan fingerprint density at radius 3 is 2.23 bits per heavy atom. The predicted molar refractivity (Wildman–Crippen MR) is 104 cm³/mol. The molecular weight excluding hydrogens is 391 g/mol. The Bertz CT molecular complexity index is 339. The quantitative estimate of drug-likeness (QED) is 0.309. The third-order valence-electron chi connectivity index (χ3n) is 3.81. The van der Waals surface area contributed by atoms with Gasteiger partial charge in [-0.1, -0.05) is 26.7 Å². The van der Waals surface area contributed by atoms with Crippen molar-refractivity contribution in [2.75, 3.05) is 39.3 Å². The third-order valence-corrected chi connectivity index (χ3v) is 3.81. The van der Waals surface area contributed by atoms with Crippen molar-refractivity contribution in [1.82, 2.24) is 15.1 Å². The molecule has 0 aromatic carbocycles. The highest BCUT2D eigenvalue weighted by atomic mass is 127. The summed E-state index contributed by atoms with van der Waals surface area (Å²) in [4.78, 5) is 20.3. The molecule has 0 aromatic heterocycles. The summed E-state index contributed by atoms with van der Waals surface area (Å²) in [7, 11) is 0. The maximum Gasteiger partial charge on any atom is 0.219 e. The lowest BCUT2D eigenvalue weighted by Gasteiger charge is -2.36. The van der Waals surface area contributed by atoms with Crippen LogP contribution >= 0.6 is 24.0 Å². The summed E-state index contributed by atoms with van der Waals surface area (Å²) in [5, 5.41) is 3.37. The van der Waals surface area contributed by atoms with Crippen LogP contribution in [0.2, 0.25) is 0 Å². The number of nitrogens with zero attached hydrogens (tertiary/aromatic N) is 3. The lowest BCUT2D eigenvalue weighted by atomic mass is 10.1. The lowest BCUT2D eigenvalue weighted by Crippen LogP contribution is -2.53. The minimum atomic E-state index is 0. The van der Waals surface area contributed by atoms with Crippen molar-refractivity contribution < 1.29 is 4.79 Å². The van der Waals surface area contributed by atoms with Gasteiger partial charge in [-0.3, -0.25) is 9.79 Å². The Morgan fingerprint density at radius 1 is 1.14 bits per heavy atom. The van der Waals surface area contributed by atoms with Crippen molar-refractivity contribution in [2.24, 2.45) is 10.9 Å². The van der Waals surface area contributed by atoms with Crippen LogP contribution in [-0.2, 0) is 4.79 Å². The van der Waals surface area contributed by atoms with Gasteiger partial charge in [-0.05, 0) is 19.3 Å². The minimum absolute atomic E-state index is 0. The average Bonchev–Trinajstić information content (AvgIpc) is 2.45. The van der Waals surface area contributed by atoms with E-state index < -0.39 is 0 Å². The second-order valence-corrected chi connectivity index (χ2v) is 6.12. The van der Waals surface area contributed by atoms with E-state index in [-0.39, 0.29) is 29.9 Å². The van der Waals surface area contributed by atoms with Crippen molar-refractivity contribution in [2.45, 2.75) is 47.0 Å². The number of unbranched alkanes of at least 4 members (excludes halogenated alkanes) is 1. The smallest absolute Gasteiger partial charge is 0.219 e. The fourth-order valence-electron chi connectivity index (χ4n) is 2.51. The second kappa shape index (κ2) is 12.0. The highest BCUT2D eigenvalue weighted by Crippen LogP contribution is 2.07. The molecule has 0 aromatic rings. The molecule has 0 bridgehead atoms. The van der Waals surface area contributed by atoms with Gasteiger partial charge in [-0.25, -0.2) is 0 Å². The van der Waals surface area contributed by atoms with Crippen LogP contribution in [0.4, 0.5) is 0 Å². The normalized spacial score (nSPS) is 15.8. The number of halogens is 1. The molecule has 130 valence electrons. The maximum atomic E-state index is 11.4. The average molecular weight is 424 g/mol. The van der Waals surface area contributed by atoms with Crippen LogP contribution in [0, 0.1) is 5.92 Å². The standard InChI is InChI=1S/C16H32N4O.HI/c1-5-17-16(18-9-7-6-8-14(2)3)20-12-10-19(11-13-20)15(4)21;/h14H,5-13H2,1-4H3,(H,17,18);1H. The van der Waals surface area contributed by atoms with E-state index in [1.165, 1.54) is 12.8 Å². The summed E-state index contributed by atoms with van der Waals surface area (Å²) in [6.45, 7) is 13.4. The fourth-order valence-corrected chi connectivity index (χ4v) is 2.51. The van der Waals surface area contributed by atoms with E-state index in [9.17, 15) is 4.79 Å². The highest BCUT2D eigenvalue weighted by molar-refractivity contribution is 14.0. The number of carbonyl (C=O) groups is 1. The van der Waals surface area contributed by atoms with Gasteiger partial charge in [0, 0.05) is 46.2 Å². The molecule has 0 spiro atoms. The van der Waals surface area contributed by atoms with E-state index in [0.717, 1.165) is 57.6 Å². The Morgan fingerprint density at radius 2 is 1.73 bits per heavy atom. The van der Waals surface area contributed by atoms with Crippen LogP contribution in [0.1, 0.15) is 47.0 Å². The van der Waals surface area contributed by atoms with Crippen LogP contribution in [0.3, 0.4) is 0 Å². The van der Waals surface area contributed by atoms with E-state index in [1.54, 1.807) is 6.92 Å². The second-order valence-electron chi connectivity index (χ2n) is 6.12. The summed E-state index contributed by atoms with van der Waals surface area (Å²) in [5.41, 5.74) is 0. The molecule has 5 nitrogen and oxygen atoms in total. The van der Waals surface area contributed by atoms with Gasteiger partial charge in [0.2, 0.25) is 5.91 Å². The van der Waals surface area contributed by atoms with E-state index in [1.807, 2.05) is 4.90 Å². The number of amides is 1.